The van der Waals surface area contributed by atoms with Crippen LogP contribution >= 0.6 is 0 Å². The first kappa shape index (κ1) is 14.0. The molecule has 0 aromatic carbocycles. The summed E-state index contributed by atoms with van der Waals surface area (Å²) >= 11 is 0. The number of hydrogen-bond acceptors (Lipinski definition) is 2. The Morgan fingerprint density at radius 1 is 1.12 bits per heavy atom. The normalized spacial score (nSPS) is 30.2. The molecule has 2 heteroatoms. The van der Waals surface area contributed by atoms with Gasteiger partial charge in [0.25, 0.3) is 0 Å². The van der Waals surface area contributed by atoms with Gasteiger partial charge in [-0.15, -0.1) is 0 Å². The van der Waals surface area contributed by atoms with Gasteiger partial charge in [0, 0.05) is 6.04 Å². The van der Waals surface area contributed by atoms with E-state index in [1.54, 1.807) is 0 Å². The first-order valence-corrected chi connectivity index (χ1v) is 7.14. The second-order valence-electron chi connectivity index (χ2n) is 5.34. The van der Waals surface area contributed by atoms with Crippen molar-refractivity contribution in [3.63, 3.8) is 0 Å². The molecule has 1 aliphatic heterocycles. The summed E-state index contributed by atoms with van der Waals surface area (Å²) in [5.41, 5.74) is 0. The lowest BCUT2D eigenvalue weighted by Gasteiger charge is -2.42. The second-order valence-corrected chi connectivity index (χ2v) is 5.34. The van der Waals surface area contributed by atoms with Crippen LogP contribution in [0.1, 0.15) is 51.9 Å². The van der Waals surface area contributed by atoms with Crippen LogP contribution in [0.25, 0.3) is 0 Å². The van der Waals surface area contributed by atoms with Gasteiger partial charge in [0.2, 0.25) is 0 Å². The van der Waals surface area contributed by atoms with E-state index in [0.29, 0.717) is 0 Å². The first-order valence-electron chi connectivity index (χ1n) is 7.14. The van der Waals surface area contributed by atoms with Crippen LogP contribution in [0.2, 0.25) is 0 Å². The van der Waals surface area contributed by atoms with Crippen LogP contribution in [0, 0.1) is 5.92 Å². The Bertz CT molecular complexity index is 166. The van der Waals surface area contributed by atoms with Crippen molar-refractivity contribution in [2.24, 2.45) is 5.92 Å². The number of rotatable bonds is 2. The summed E-state index contributed by atoms with van der Waals surface area (Å²) in [6.45, 7) is 4.64. The van der Waals surface area contributed by atoms with Crippen LogP contribution in [0.3, 0.4) is 0 Å². The SMILES string of the molecule is CCCNC.CN1CCCC2CCCCC21. The molecule has 1 N–H and O–H groups in total. The lowest BCUT2D eigenvalue weighted by molar-refractivity contribution is 0.0841. The Kier molecular flexibility index (Phi) is 7.06. The van der Waals surface area contributed by atoms with Crippen LogP contribution in [0.15, 0.2) is 0 Å². The smallest absolute Gasteiger partial charge is 0.0120 e. The second kappa shape index (κ2) is 8.08. The third-order valence-corrected chi connectivity index (χ3v) is 4.02. The number of nitrogens with zero attached hydrogens (tertiary/aromatic N) is 1. The van der Waals surface area contributed by atoms with Gasteiger partial charge in [-0.1, -0.05) is 19.8 Å². The molecule has 0 aromatic heterocycles. The van der Waals surface area contributed by atoms with E-state index in [4.69, 9.17) is 0 Å². The lowest BCUT2D eigenvalue weighted by atomic mass is 9.79. The van der Waals surface area contributed by atoms with E-state index in [1.807, 2.05) is 7.05 Å². The zero-order chi connectivity index (χ0) is 11.8. The summed E-state index contributed by atoms with van der Waals surface area (Å²) in [6.07, 6.45) is 10.1. The highest BCUT2D eigenvalue weighted by molar-refractivity contribution is 4.85. The summed E-state index contributed by atoms with van der Waals surface area (Å²) in [7, 11) is 4.27. The molecule has 0 spiro atoms. The largest absolute Gasteiger partial charge is 0.320 e. The van der Waals surface area contributed by atoms with E-state index >= 15 is 0 Å². The average molecular weight is 226 g/mol. The molecule has 16 heavy (non-hydrogen) atoms. The van der Waals surface area contributed by atoms with Crippen molar-refractivity contribution in [3.8, 4) is 0 Å². The molecular formula is C14H30N2. The van der Waals surface area contributed by atoms with Crippen molar-refractivity contribution >= 4 is 0 Å². The third kappa shape index (κ3) is 4.42. The molecular weight excluding hydrogens is 196 g/mol. The molecule has 1 saturated heterocycles. The molecule has 2 fully saturated rings. The molecule has 1 saturated carbocycles. The monoisotopic (exact) mass is 226 g/mol. The summed E-state index contributed by atoms with van der Waals surface area (Å²) in [4.78, 5) is 2.59. The summed E-state index contributed by atoms with van der Waals surface area (Å²) in [5.74, 6) is 1.06. The lowest BCUT2D eigenvalue weighted by Crippen LogP contribution is -2.44. The number of likely N-dealkylation sites (tertiary alicyclic amines) is 1. The zero-order valence-electron chi connectivity index (χ0n) is 11.5. The van der Waals surface area contributed by atoms with Gasteiger partial charge in [-0.05, 0) is 65.2 Å². The minimum atomic E-state index is 0.956. The Labute approximate surface area is 102 Å². The molecule has 96 valence electrons. The van der Waals surface area contributed by atoms with Crippen LogP contribution in [0.4, 0.5) is 0 Å². The minimum absolute atomic E-state index is 0.956. The minimum Gasteiger partial charge on any atom is -0.320 e. The van der Waals surface area contributed by atoms with E-state index in [-0.39, 0.29) is 0 Å². The van der Waals surface area contributed by atoms with Crippen molar-refractivity contribution in [2.45, 2.75) is 57.9 Å². The number of nitrogens with one attached hydrogen (secondary N) is 1. The van der Waals surface area contributed by atoms with Crippen LogP contribution in [-0.4, -0.2) is 38.1 Å². The van der Waals surface area contributed by atoms with Crippen molar-refractivity contribution in [1.82, 2.24) is 10.2 Å². The summed E-state index contributed by atoms with van der Waals surface area (Å²) in [6, 6.07) is 0.956. The third-order valence-electron chi connectivity index (χ3n) is 4.02. The van der Waals surface area contributed by atoms with Crippen LogP contribution in [-0.2, 0) is 0 Å². The van der Waals surface area contributed by atoms with Gasteiger partial charge < -0.3 is 10.2 Å². The quantitative estimate of drug-likeness (QED) is 0.779. The maximum absolute atomic E-state index is 3.02. The Morgan fingerprint density at radius 3 is 2.38 bits per heavy atom. The Hall–Kier alpha value is -0.0800. The molecule has 0 radical (unpaired) electrons. The van der Waals surface area contributed by atoms with Crippen molar-refractivity contribution in [2.75, 3.05) is 27.2 Å². The van der Waals surface area contributed by atoms with Crippen LogP contribution < -0.4 is 5.32 Å². The van der Waals surface area contributed by atoms with Crippen molar-refractivity contribution < 1.29 is 0 Å². The number of piperidine rings is 1. The molecule has 0 aromatic rings. The van der Waals surface area contributed by atoms with Gasteiger partial charge in [-0.25, -0.2) is 0 Å². The van der Waals surface area contributed by atoms with Gasteiger partial charge in [0.05, 0.1) is 0 Å². The zero-order valence-corrected chi connectivity index (χ0v) is 11.5. The Balaban J connectivity index is 0.000000221. The highest BCUT2D eigenvalue weighted by atomic mass is 15.1. The van der Waals surface area contributed by atoms with Gasteiger partial charge >= 0.3 is 0 Å². The molecule has 0 amide bonds. The van der Waals surface area contributed by atoms with E-state index in [2.05, 4.69) is 24.2 Å². The Morgan fingerprint density at radius 2 is 1.81 bits per heavy atom. The average Bonchev–Trinajstić information content (AvgIpc) is 2.32. The predicted octanol–water partition coefficient (Wildman–Crippen LogP) is 2.89. The van der Waals surface area contributed by atoms with E-state index in [0.717, 1.165) is 18.5 Å². The van der Waals surface area contributed by atoms with Gasteiger partial charge in [0.15, 0.2) is 0 Å². The molecule has 1 heterocycles. The van der Waals surface area contributed by atoms with E-state index in [9.17, 15) is 0 Å². The molecule has 2 rings (SSSR count). The molecule has 2 unspecified atom stereocenters. The maximum Gasteiger partial charge on any atom is 0.0120 e. The topological polar surface area (TPSA) is 15.3 Å². The standard InChI is InChI=1S/C10H19N.C4H11N/c1-11-8-4-6-9-5-2-3-7-10(9)11;1-3-4-5-2/h9-10H,2-8H2,1H3;5H,3-4H2,1-2H3. The molecule has 1 aliphatic carbocycles. The fourth-order valence-corrected chi connectivity index (χ4v) is 3.12. The summed E-state index contributed by atoms with van der Waals surface area (Å²) < 4.78 is 0. The predicted molar refractivity (Wildman–Crippen MR) is 71.8 cm³/mol. The fraction of sp³-hybridized carbons (Fsp3) is 1.00. The van der Waals surface area contributed by atoms with E-state index in [1.165, 1.54) is 51.5 Å². The molecule has 2 aliphatic rings. The molecule has 2 nitrogen and oxygen atoms in total. The fourth-order valence-electron chi connectivity index (χ4n) is 3.12. The first-order chi connectivity index (χ1) is 7.79. The van der Waals surface area contributed by atoms with Gasteiger partial charge in [0.1, 0.15) is 0 Å². The number of fused-ring (bicyclic) bond motifs is 1. The number of hydrogen-bond donors (Lipinski definition) is 1. The van der Waals surface area contributed by atoms with Crippen molar-refractivity contribution in [1.29, 1.82) is 0 Å². The highest BCUT2D eigenvalue weighted by Gasteiger charge is 2.30. The van der Waals surface area contributed by atoms with Crippen molar-refractivity contribution in [3.05, 3.63) is 0 Å². The van der Waals surface area contributed by atoms with Gasteiger partial charge in [-0.2, -0.15) is 0 Å². The highest BCUT2D eigenvalue weighted by Crippen LogP contribution is 2.34. The molecule has 2 atom stereocenters. The summed E-state index contributed by atoms with van der Waals surface area (Å²) in [5, 5.41) is 3.02. The maximum atomic E-state index is 3.02. The van der Waals surface area contributed by atoms with Gasteiger partial charge in [-0.3, -0.25) is 0 Å². The van der Waals surface area contributed by atoms with E-state index < -0.39 is 0 Å². The molecule has 0 bridgehead atoms. The van der Waals surface area contributed by atoms with Crippen LogP contribution in [0.5, 0.6) is 0 Å².